The molecule has 112 valence electrons. The second-order valence-corrected chi connectivity index (χ2v) is 7.21. The fourth-order valence-electron chi connectivity index (χ4n) is 1.58. The first-order chi connectivity index (χ1) is 9.15. The van der Waals surface area contributed by atoms with Gasteiger partial charge in [0.1, 0.15) is 4.99 Å². The van der Waals surface area contributed by atoms with Crippen molar-refractivity contribution in [1.82, 2.24) is 9.62 Å². The molecule has 0 aliphatic heterocycles. The molecule has 1 unspecified atom stereocenters. The normalized spacial score (nSPS) is 13.4. The van der Waals surface area contributed by atoms with E-state index in [0.29, 0.717) is 12.1 Å². The minimum atomic E-state index is -3.51. The smallest absolute Gasteiger partial charge is 0.240 e. The standard InChI is InChI=1S/C13H21N3O2S2/c1-9-7-11(5-6-12(9)13(14)19)20(17,18)15-8-10(2)16(3)4/h5-7,10,15H,8H2,1-4H3,(H2,14,19). The van der Waals surface area contributed by atoms with Crippen molar-refractivity contribution < 1.29 is 8.42 Å². The van der Waals surface area contributed by atoms with Gasteiger partial charge < -0.3 is 10.6 Å². The van der Waals surface area contributed by atoms with E-state index in [-0.39, 0.29) is 15.9 Å². The van der Waals surface area contributed by atoms with Crippen molar-refractivity contribution in [2.45, 2.75) is 24.8 Å². The number of hydrogen-bond donors (Lipinski definition) is 2. The lowest BCUT2D eigenvalue weighted by Crippen LogP contribution is -2.38. The average molecular weight is 315 g/mol. The Bertz CT molecular complexity index is 598. The molecule has 1 aromatic carbocycles. The average Bonchev–Trinajstić information content (AvgIpc) is 2.35. The van der Waals surface area contributed by atoms with Crippen LogP contribution in [0.3, 0.4) is 0 Å². The highest BCUT2D eigenvalue weighted by molar-refractivity contribution is 7.89. The molecule has 0 aromatic heterocycles. The Labute approximate surface area is 126 Å². The van der Waals surface area contributed by atoms with Gasteiger partial charge >= 0.3 is 0 Å². The third-order valence-corrected chi connectivity index (χ3v) is 4.87. The summed E-state index contributed by atoms with van der Waals surface area (Å²) < 4.78 is 27.0. The Hall–Kier alpha value is -1.02. The molecule has 0 aliphatic carbocycles. The van der Waals surface area contributed by atoms with E-state index >= 15 is 0 Å². The van der Waals surface area contributed by atoms with Crippen molar-refractivity contribution in [3.63, 3.8) is 0 Å². The zero-order chi connectivity index (χ0) is 15.5. The molecule has 0 saturated heterocycles. The quantitative estimate of drug-likeness (QED) is 0.762. The van der Waals surface area contributed by atoms with Crippen LogP contribution in [0.15, 0.2) is 23.1 Å². The number of thiocarbonyl (C=S) groups is 1. The van der Waals surface area contributed by atoms with Crippen molar-refractivity contribution in [2.24, 2.45) is 5.73 Å². The van der Waals surface area contributed by atoms with Crippen LogP contribution in [0.4, 0.5) is 0 Å². The van der Waals surface area contributed by atoms with Crippen molar-refractivity contribution in [1.29, 1.82) is 0 Å². The summed E-state index contributed by atoms with van der Waals surface area (Å²) in [5, 5.41) is 0. The molecule has 5 nitrogen and oxygen atoms in total. The van der Waals surface area contributed by atoms with Gasteiger partial charge in [0, 0.05) is 18.2 Å². The summed E-state index contributed by atoms with van der Waals surface area (Å²) in [4.78, 5) is 2.44. The maximum atomic E-state index is 12.2. The molecule has 0 spiro atoms. The molecule has 0 saturated carbocycles. The van der Waals surface area contributed by atoms with Gasteiger partial charge in [-0.3, -0.25) is 0 Å². The van der Waals surface area contributed by atoms with Gasteiger partial charge in [-0.15, -0.1) is 0 Å². The van der Waals surface area contributed by atoms with Crippen LogP contribution in [-0.2, 0) is 10.0 Å². The predicted octanol–water partition coefficient (Wildman–Crippen LogP) is 0.858. The van der Waals surface area contributed by atoms with Crippen LogP contribution in [0.1, 0.15) is 18.1 Å². The largest absolute Gasteiger partial charge is 0.389 e. The predicted molar refractivity (Wildman–Crippen MR) is 85.4 cm³/mol. The van der Waals surface area contributed by atoms with Gasteiger partial charge in [-0.2, -0.15) is 0 Å². The fraction of sp³-hybridized carbons (Fsp3) is 0.462. The summed E-state index contributed by atoms with van der Waals surface area (Å²) >= 11 is 4.91. The van der Waals surface area contributed by atoms with Crippen LogP contribution in [-0.4, -0.2) is 45.0 Å². The Balaban J connectivity index is 2.94. The van der Waals surface area contributed by atoms with E-state index in [4.69, 9.17) is 18.0 Å². The molecule has 0 bridgehead atoms. The summed E-state index contributed by atoms with van der Waals surface area (Å²) in [6.45, 7) is 4.09. The fourth-order valence-corrected chi connectivity index (χ4v) is 3.01. The van der Waals surface area contributed by atoms with Gasteiger partial charge in [0.05, 0.1) is 4.90 Å². The molecule has 0 heterocycles. The second-order valence-electron chi connectivity index (χ2n) is 5.01. The molecular weight excluding hydrogens is 294 g/mol. The van der Waals surface area contributed by atoms with Gasteiger partial charge in [-0.05, 0) is 45.6 Å². The van der Waals surface area contributed by atoms with Crippen LogP contribution >= 0.6 is 12.2 Å². The number of nitrogens with two attached hydrogens (primary N) is 1. The van der Waals surface area contributed by atoms with Gasteiger partial charge in [0.15, 0.2) is 0 Å². The number of likely N-dealkylation sites (N-methyl/N-ethyl adjacent to an activating group) is 1. The molecule has 1 rings (SSSR count). The number of benzene rings is 1. The summed E-state index contributed by atoms with van der Waals surface area (Å²) in [7, 11) is 0.291. The highest BCUT2D eigenvalue weighted by Crippen LogP contribution is 2.15. The molecule has 0 aliphatic rings. The summed E-state index contributed by atoms with van der Waals surface area (Å²) in [6, 6.07) is 4.85. The summed E-state index contributed by atoms with van der Waals surface area (Å²) in [5.41, 5.74) is 7.01. The number of sulfonamides is 1. The van der Waals surface area contributed by atoms with Crippen molar-refractivity contribution >= 4 is 27.2 Å². The molecule has 7 heteroatoms. The van der Waals surface area contributed by atoms with E-state index in [0.717, 1.165) is 5.56 Å². The molecule has 1 atom stereocenters. The van der Waals surface area contributed by atoms with E-state index in [1.54, 1.807) is 19.1 Å². The maximum Gasteiger partial charge on any atom is 0.240 e. The Kier molecular flexibility index (Phi) is 5.64. The SMILES string of the molecule is Cc1cc(S(=O)(=O)NCC(C)N(C)C)ccc1C(N)=S. The monoisotopic (exact) mass is 315 g/mol. The van der Waals surface area contributed by atoms with Crippen LogP contribution < -0.4 is 10.5 Å². The van der Waals surface area contributed by atoms with Crippen molar-refractivity contribution in [3.05, 3.63) is 29.3 Å². The van der Waals surface area contributed by atoms with Crippen LogP contribution in [0.5, 0.6) is 0 Å². The number of nitrogens with zero attached hydrogens (tertiary/aromatic N) is 1. The first-order valence-electron chi connectivity index (χ1n) is 6.21. The highest BCUT2D eigenvalue weighted by atomic mass is 32.2. The Morgan fingerprint density at radius 2 is 2.05 bits per heavy atom. The molecule has 3 N–H and O–H groups in total. The molecular formula is C13H21N3O2S2. The van der Waals surface area contributed by atoms with Crippen molar-refractivity contribution in [3.8, 4) is 0 Å². The van der Waals surface area contributed by atoms with Crippen LogP contribution in [0.2, 0.25) is 0 Å². The molecule has 0 fully saturated rings. The third-order valence-electron chi connectivity index (χ3n) is 3.22. The first-order valence-corrected chi connectivity index (χ1v) is 8.11. The summed E-state index contributed by atoms with van der Waals surface area (Å²) in [5.74, 6) is 0. The molecule has 0 radical (unpaired) electrons. The van der Waals surface area contributed by atoms with Gasteiger partial charge in [0.25, 0.3) is 0 Å². The topological polar surface area (TPSA) is 75.4 Å². The number of nitrogens with one attached hydrogen (secondary N) is 1. The van der Waals surface area contributed by atoms with Crippen LogP contribution in [0, 0.1) is 6.92 Å². The van der Waals surface area contributed by atoms with E-state index in [1.165, 1.54) is 6.07 Å². The third kappa shape index (κ3) is 4.24. The van der Waals surface area contributed by atoms with Gasteiger partial charge in [-0.25, -0.2) is 13.1 Å². The number of aryl methyl sites for hydroxylation is 1. The maximum absolute atomic E-state index is 12.2. The number of hydrogen-bond acceptors (Lipinski definition) is 4. The Morgan fingerprint density at radius 3 is 2.50 bits per heavy atom. The van der Waals surface area contributed by atoms with Crippen molar-refractivity contribution in [2.75, 3.05) is 20.6 Å². The minimum Gasteiger partial charge on any atom is -0.389 e. The Morgan fingerprint density at radius 1 is 1.45 bits per heavy atom. The zero-order valence-corrected chi connectivity index (χ0v) is 13.8. The molecule has 0 amide bonds. The summed E-state index contributed by atoms with van der Waals surface area (Å²) in [6.07, 6.45) is 0. The lowest BCUT2D eigenvalue weighted by Gasteiger charge is -2.20. The second kappa shape index (κ2) is 6.62. The van der Waals surface area contributed by atoms with Crippen LogP contribution in [0.25, 0.3) is 0 Å². The lowest BCUT2D eigenvalue weighted by atomic mass is 10.1. The highest BCUT2D eigenvalue weighted by Gasteiger charge is 2.17. The zero-order valence-electron chi connectivity index (χ0n) is 12.2. The first kappa shape index (κ1) is 17.0. The van der Waals surface area contributed by atoms with E-state index in [1.807, 2.05) is 25.9 Å². The molecule has 1 aromatic rings. The molecule has 20 heavy (non-hydrogen) atoms. The van der Waals surface area contributed by atoms with E-state index in [2.05, 4.69) is 4.72 Å². The van der Waals surface area contributed by atoms with Gasteiger partial charge in [-0.1, -0.05) is 18.3 Å². The van der Waals surface area contributed by atoms with Gasteiger partial charge in [0.2, 0.25) is 10.0 Å². The number of rotatable bonds is 6. The van der Waals surface area contributed by atoms with E-state index in [9.17, 15) is 8.42 Å². The minimum absolute atomic E-state index is 0.113. The van der Waals surface area contributed by atoms with E-state index < -0.39 is 10.0 Å². The lowest BCUT2D eigenvalue weighted by molar-refractivity contribution is 0.314.